The summed E-state index contributed by atoms with van der Waals surface area (Å²) < 4.78 is 5.59. The number of nitrogens with one attached hydrogen (secondary N) is 1. The molecule has 0 aromatic rings. The van der Waals surface area contributed by atoms with Crippen LogP contribution in [0.3, 0.4) is 0 Å². The summed E-state index contributed by atoms with van der Waals surface area (Å²) in [7, 11) is 0. The summed E-state index contributed by atoms with van der Waals surface area (Å²) in [4.78, 5) is 0. The smallest absolute Gasteiger partial charge is 0.107 e. The molecule has 1 N–H and O–H groups in total. The van der Waals surface area contributed by atoms with Gasteiger partial charge in [-0.3, -0.25) is 5.32 Å². The molecule has 1 aliphatic rings. The van der Waals surface area contributed by atoms with E-state index in [2.05, 4.69) is 26.1 Å². The van der Waals surface area contributed by atoms with Crippen LogP contribution in [0, 0.1) is 11.8 Å². The largest absolute Gasteiger partial charge is 0.363 e. The Morgan fingerprint density at radius 3 is 2.64 bits per heavy atom. The first-order chi connectivity index (χ1) is 5.24. The Morgan fingerprint density at radius 1 is 1.55 bits per heavy atom. The average molecular weight is 157 g/mol. The maximum atomic E-state index is 5.59. The first-order valence-electron chi connectivity index (χ1n) is 4.59. The van der Waals surface area contributed by atoms with Gasteiger partial charge in [0.25, 0.3) is 0 Å². The van der Waals surface area contributed by atoms with E-state index >= 15 is 0 Å². The van der Waals surface area contributed by atoms with Gasteiger partial charge in [-0.2, -0.15) is 0 Å². The van der Waals surface area contributed by atoms with Crippen molar-refractivity contribution in [2.24, 2.45) is 11.8 Å². The predicted octanol–water partition coefficient (Wildman–Crippen LogP) is 1.61. The van der Waals surface area contributed by atoms with E-state index in [4.69, 9.17) is 4.74 Å². The number of ether oxygens (including phenoxy) is 1. The zero-order chi connectivity index (χ0) is 8.27. The van der Waals surface area contributed by atoms with Crippen LogP contribution in [0.25, 0.3) is 0 Å². The standard InChI is InChI=1S/C9H19NO/c1-4-9-10-5-8(6-11-9)7(2)3/h7-10H,4-6H2,1-3H3. The molecule has 0 aromatic heterocycles. The van der Waals surface area contributed by atoms with Crippen molar-refractivity contribution in [2.45, 2.75) is 33.4 Å². The Kier molecular flexibility index (Phi) is 3.34. The molecule has 0 radical (unpaired) electrons. The van der Waals surface area contributed by atoms with Gasteiger partial charge in [0.1, 0.15) is 6.23 Å². The second-order valence-electron chi connectivity index (χ2n) is 3.64. The Labute approximate surface area is 69.3 Å². The van der Waals surface area contributed by atoms with E-state index in [0.29, 0.717) is 12.1 Å². The molecule has 0 bridgehead atoms. The van der Waals surface area contributed by atoms with E-state index in [-0.39, 0.29) is 0 Å². The van der Waals surface area contributed by atoms with Crippen LogP contribution in [-0.2, 0) is 4.74 Å². The van der Waals surface area contributed by atoms with Gasteiger partial charge in [0.15, 0.2) is 0 Å². The summed E-state index contributed by atoms with van der Waals surface area (Å²) in [6.07, 6.45) is 1.38. The molecule has 1 heterocycles. The normalized spacial score (nSPS) is 32.7. The molecule has 66 valence electrons. The molecule has 1 fully saturated rings. The van der Waals surface area contributed by atoms with E-state index < -0.39 is 0 Å². The Balaban J connectivity index is 2.24. The third-order valence-corrected chi connectivity index (χ3v) is 2.43. The van der Waals surface area contributed by atoms with Crippen LogP contribution in [0.15, 0.2) is 0 Å². The summed E-state index contributed by atoms with van der Waals surface area (Å²) in [6, 6.07) is 0. The molecule has 1 aliphatic heterocycles. The van der Waals surface area contributed by atoms with E-state index in [1.54, 1.807) is 0 Å². The van der Waals surface area contributed by atoms with E-state index in [1.807, 2.05) is 0 Å². The van der Waals surface area contributed by atoms with Gasteiger partial charge in [-0.05, 0) is 18.3 Å². The first kappa shape index (κ1) is 9.01. The Morgan fingerprint density at radius 2 is 2.27 bits per heavy atom. The third kappa shape index (κ3) is 2.46. The number of rotatable bonds is 2. The lowest BCUT2D eigenvalue weighted by Crippen LogP contribution is -2.44. The highest BCUT2D eigenvalue weighted by molar-refractivity contribution is 4.71. The summed E-state index contributed by atoms with van der Waals surface area (Å²) in [5, 5.41) is 3.38. The van der Waals surface area contributed by atoms with Crippen molar-refractivity contribution in [3.8, 4) is 0 Å². The molecular formula is C9H19NO. The van der Waals surface area contributed by atoms with Crippen molar-refractivity contribution in [3.05, 3.63) is 0 Å². The lowest BCUT2D eigenvalue weighted by molar-refractivity contribution is -0.0400. The van der Waals surface area contributed by atoms with Crippen molar-refractivity contribution in [3.63, 3.8) is 0 Å². The van der Waals surface area contributed by atoms with Crippen LogP contribution >= 0.6 is 0 Å². The quantitative estimate of drug-likeness (QED) is 0.657. The lowest BCUT2D eigenvalue weighted by atomic mass is 9.96. The van der Waals surface area contributed by atoms with Crippen molar-refractivity contribution in [1.29, 1.82) is 0 Å². The van der Waals surface area contributed by atoms with Crippen molar-refractivity contribution >= 4 is 0 Å². The SMILES string of the molecule is CCC1NCC(C(C)C)CO1. The van der Waals surface area contributed by atoms with Gasteiger partial charge in [-0.1, -0.05) is 20.8 Å². The van der Waals surface area contributed by atoms with Crippen molar-refractivity contribution in [1.82, 2.24) is 5.32 Å². The highest BCUT2D eigenvalue weighted by Crippen LogP contribution is 2.15. The zero-order valence-electron chi connectivity index (χ0n) is 7.76. The Hall–Kier alpha value is -0.0800. The summed E-state index contributed by atoms with van der Waals surface area (Å²) in [6.45, 7) is 8.71. The minimum atomic E-state index is 0.310. The maximum absolute atomic E-state index is 5.59. The Bertz CT molecular complexity index is 106. The molecule has 2 atom stereocenters. The predicted molar refractivity (Wildman–Crippen MR) is 46.4 cm³/mol. The van der Waals surface area contributed by atoms with Gasteiger partial charge in [0, 0.05) is 6.54 Å². The van der Waals surface area contributed by atoms with Gasteiger partial charge in [0.05, 0.1) is 6.61 Å². The molecule has 11 heavy (non-hydrogen) atoms. The molecule has 2 unspecified atom stereocenters. The minimum Gasteiger partial charge on any atom is -0.363 e. The van der Waals surface area contributed by atoms with Gasteiger partial charge in [-0.25, -0.2) is 0 Å². The van der Waals surface area contributed by atoms with Gasteiger partial charge in [0.2, 0.25) is 0 Å². The van der Waals surface area contributed by atoms with Crippen LogP contribution in [-0.4, -0.2) is 19.4 Å². The average Bonchev–Trinajstić information content (AvgIpc) is 2.05. The van der Waals surface area contributed by atoms with Crippen LogP contribution in [0.2, 0.25) is 0 Å². The minimum absolute atomic E-state index is 0.310. The maximum Gasteiger partial charge on any atom is 0.107 e. The molecular weight excluding hydrogens is 138 g/mol. The molecule has 1 saturated heterocycles. The monoisotopic (exact) mass is 157 g/mol. The fourth-order valence-corrected chi connectivity index (χ4v) is 1.33. The number of hydrogen-bond acceptors (Lipinski definition) is 2. The second-order valence-corrected chi connectivity index (χ2v) is 3.64. The van der Waals surface area contributed by atoms with Crippen LogP contribution < -0.4 is 5.32 Å². The van der Waals surface area contributed by atoms with Gasteiger partial charge >= 0.3 is 0 Å². The van der Waals surface area contributed by atoms with Gasteiger partial charge in [-0.15, -0.1) is 0 Å². The molecule has 1 rings (SSSR count). The lowest BCUT2D eigenvalue weighted by Gasteiger charge is -2.31. The summed E-state index contributed by atoms with van der Waals surface area (Å²) >= 11 is 0. The molecule has 0 saturated carbocycles. The van der Waals surface area contributed by atoms with E-state index in [1.165, 1.54) is 0 Å². The number of hydrogen-bond donors (Lipinski definition) is 1. The summed E-state index contributed by atoms with van der Waals surface area (Å²) in [5.41, 5.74) is 0. The fourth-order valence-electron chi connectivity index (χ4n) is 1.33. The van der Waals surface area contributed by atoms with Crippen LogP contribution in [0.5, 0.6) is 0 Å². The van der Waals surface area contributed by atoms with Crippen molar-refractivity contribution < 1.29 is 4.74 Å². The molecule has 2 heteroatoms. The zero-order valence-corrected chi connectivity index (χ0v) is 7.76. The molecule has 0 amide bonds. The molecule has 0 aliphatic carbocycles. The molecule has 2 nitrogen and oxygen atoms in total. The first-order valence-corrected chi connectivity index (χ1v) is 4.59. The highest BCUT2D eigenvalue weighted by Gasteiger charge is 2.21. The van der Waals surface area contributed by atoms with Gasteiger partial charge < -0.3 is 4.74 Å². The van der Waals surface area contributed by atoms with E-state index in [9.17, 15) is 0 Å². The second kappa shape index (κ2) is 4.07. The summed E-state index contributed by atoms with van der Waals surface area (Å²) in [5.74, 6) is 1.44. The highest BCUT2D eigenvalue weighted by atomic mass is 16.5. The molecule has 0 spiro atoms. The molecule has 0 aromatic carbocycles. The fraction of sp³-hybridized carbons (Fsp3) is 1.00. The van der Waals surface area contributed by atoms with Crippen molar-refractivity contribution in [2.75, 3.05) is 13.2 Å². The topological polar surface area (TPSA) is 21.3 Å². The van der Waals surface area contributed by atoms with Crippen LogP contribution in [0.4, 0.5) is 0 Å². The van der Waals surface area contributed by atoms with Crippen LogP contribution in [0.1, 0.15) is 27.2 Å². The van der Waals surface area contributed by atoms with E-state index in [0.717, 1.165) is 25.5 Å². The third-order valence-electron chi connectivity index (χ3n) is 2.43.